The van der Waals surface area contributed by atoms with Crippen molar-refractivity contribution in [2.75, 3.05) is 0 Å². The van der Waals surface area contributed by atoms with E-state index in [9.17, 15) is 15.4 Å². The third-order valence-corrected chi connectivity index (χ3v) is 3.83. The minimum atomic E-state index is -0.542. The number of fused-ring (bicyclic) bond motifs is 1. The van der Waals surface area contributed by atoms with Crippen LogP contribution in [0.1, 0.15) is 5.56 Å². The molecule has 2 aromatic carbocycles. The third-order valence-electron chi connectivity index (χ3n) is 3.46. The lowest BCUT2D eigenvalue weighted by molar-refractivity contribution is -0.384. The Morgan fingerprint density at radius 2 is 2.05 bits per heavy atom. The first-order chi connectivity index (χ1) is 10.5. The van der Waals surface area contributed by atoms with E-state index in [0.717, 1.165) is 0 Å². The van der Waals surface area contributed by atoms with Gasteiger partial charge in [-0.2, -0.15) is 5.26 Å². The molecule has 0 N–H and O–H groups in total. The van der Waals surface area contributed by atoms with Crippen molar-refractivity contribution in [3.05, 3.63) is 57.1 Å². The molecule has 3 rings (SSSR count). The highest BCUT2D eigenvalue weighted by atomic mass is 35.5. The number of aromatic nitrogens is 2. The van der Waals surface area contributed by atoms with Gasteiger partial charge in [0.15, 0.2) is 0 Å². The molecular weight excluding hydrogens is 304 g/mol. The van der Waals surface area contributed by atoms with Gasteiger partial charge in [0.05, 0.1) is 22.1 Å². The Hall–Kier alpha value is -2.91. The van der Waals surface area contributed by atoms with Crippen molar-refractivity contribution in [3.63, 3.8) is 0 Å². The molecule has 6 nitrogen and oxygen atoms in total. The first-order valence-corrected chi connectivity index (χ1v) is 6.71. The molecule has 1 heterocycles. The van der Waals surface area contributed by atoms with Crippen molar-refractivity contribution in [2.24, 2.45) is 7.05 Å². The van der Waals surface area contributed by atoms with Gasteiger partial charge in [0.1, 0.15) is 16.4 Å². The number of rotatable bonds is 2. The average Bonchev–Trinajstić information content (AvgIpc) is 2.85. The number of nitriles is 1. The van der Waals surface area contributed by atoms with Crippen molar-refractivity contribution < 1.29 is 4.92 Å². The molecule has 0 aliphatic carbocycles. The number of hydrogen-bond acceptors (Lipinski definition) is 4. The lowest BCUT2D eigenvalue weighted by Crippen LogP contribution is -1.94. The molecule has 0 saturated heterocycles. The molecule has 3 aromatic rings. The number of nitro groups is 1. The highest BCUT2D eigenvalue weighted by Gasteiger charge is 2.21. The first kappa shape index (κ1) is 14.0. The second-order valence-electron chi connectivity index (χ2n) is 4.68. The van der Waals surface area contributed by atoms with Gasteiger partial charge in [-0.15, -0.1) is 0 Å². The fourth-order valence-corrected chi connectivity index (χ4v) is 2.64. The SMILES string of the molecule is Cn1c(-c2ccccc2C#N)nc2c(Cl)c([N+](=O)[O-])ccc21. The smallest absolute Gasteiger partial charge is 0.290 e. The van der Waals surface area contributed by atoms with Crippen LogP contribution in [0.5, 0.6) is 0 Å². The largest absolute Gasteiger partial charge is 0.327 e. The molecule has 0 aliphatic rings. The molecule has 108 valence electrons. The van der Waals surface area contributed by atoms with Gasteiger partial charge >= 0.3 is 0 Å². The average molecular weight is 313 g/mol. The molecule has 0 fully saturated rings. The predicted molar refractivity (Wildman–Crippen MR) is 82.5 cm³/mol. The molecule has 7 heteroatoms. The Morgan fingerprint density at radius 3 is 2.73 bits per heavy atom. The Balaban J connectivity index is 2.34. The van der Waals surface area contributed by atoms with Crippen LogP contribution in [0.2, 0.25) is 5.02 Å². The fraction of sp³-hybridized carbons (Fsp3) is 0.0667. The monoisotopic (exact) mass is 312 g/mol. The fourth-order valence-electron chi connectivity index (χ4n) is 2.37. The summed E-state index contributed by atoms with van der Waals surface area (Å²) < 4.78 is 1.76. The van der Waals surface area contributed by atoms with E-state index in [1.54, 1.807) is 41.9 Å². The number of aryl methyl sites for hydroxylation is 1. The van der Waals surface area contributed by atoms with Crippen LogP contribution in [0.4, 0.5) is 5.69 Å². The van der Waals surface area contributed by atoms with E-state index in [1.165, 1.54) is 6.07 Å². The lowest BCUT2D eigenvalue weighted by atomic mass is 10.1. The van der Waals surface area contributed by atoms with E-state index in [0.29, 0.717) is 28.0 Å². The van der Waals surface area contributed by atoms with Gasteiger partial charge in [-0.1, -0.05) is 23.7 Å². The zero-order valence-corrected chi connectivity index (χ0v) is 12.2. The Bertz CT molecular complexity index is 956. The summed E-state index contributed by atoms with van der Waals surface area (Å²) >= 11 is 6.10. The summed E-state index contributed by atoms with van der Waals surface area (Å²) in [6.45, 7) is 0. The minimum absolute atomic E-state index is 0.00112. The molecule has 0 bridgehead atoms. The topological polar surface area (TPSA) is 84.8 Å². The highest BCUT2D eigenvalue weighted by Crippen LogP contribution is 2.34. The molecular formula is C15H9ClN4O2. The number of nitrogens with zero attached hydrogens (tertiary/aromatic N) is 4. The number of hydrogen-bond donors (Lipinski definition) is 0. The Morgan fingerprint density at radius 1 is 1.32 bits per heavy atom. The van der Waals surface area contributed by atoms with Gasteiger partial charge in [0, 0.05) is 18.7 Å². The van der Waals surface area contributed by atoms with E-state index in [2.05, 4.69) is 11.1 Å². The van der Waals surface area contributed by atoms with Gasteiger partial charge < -0.3 is 4.57 Å². The van der Waals surface area contributed by atoms with Crippen LogP contribution in [0.15, 0.2) is 36.4 Å². The Labute approximate surface area is 130 Å². The van der Waals surface area contributed by atoms with Gasteiger partial charge in [-0.3, -0.25) is 10.1 Å². The number of nitro benzene ring substituents is 1. The summed E-state index contributed by atoms with van der Waals surface area (Å²) in [6.07, 6.45) is 0. The van der Waals surface area contributed by atoms with Gasteiger partial charge in [0.2, 0.25) is 0 Å². The standard InChI is InChI=1S/C15H9ClN4O2/c1-19-12-7-6-11(20(21)22)13(16)14(12)18-15(19)10-5-3-2-4-9(10)8-17/h2-7H,1H3. The summed E-state index contributed by atoms with van der Waals surface area (Å²) in [6, 6.07) is 12.1. The van der Waals surface area contributed by atoms with Crippen LogP contribution in [0, 0.1) is 21.4 Å². The zero-order chi connectivity index (χ0) is 15.9. The van der Waals surface area contributed by atoms with Crippen molar-refractivity contribution in [2.45, 2.75) is 0 Å². The van der Waals surface area contributed by atoms with Crippen LogP contribution in [-0.2, 0) is 7.05 Å². The maximum absolute atomic E-state index is 11.0. The third kappa shape index (κ3) is 2.00. The van der Waals surface area contributed by atoms with Crippen LogP contribution in [0.25, 0.3) is 22.4 Å². The molecule has 22 heavy (non-hydrogen) atoms. The summed E-state index contributed by atoms with van der Waals surface area (Å²) in [5, 5.41) is 20.2. The lowest BCUT2D eigenvalue weighted by Gasteiger charge is -2.04. The van der Waals surface area contributed by atoms with E-state index in [4.69, 9.17) is 11.6 Å². The van der Waals surface area contributed by atoms with Crippen LogP contribution < -0.4 is 0 Å². The van der Waals surface area contributed by atoms with Crippen LogP contribution >= 0.6 is 11.6 Å². The Kier molecular flexibility index (Phi) is 3.28. The molecule has 0 saturated carbocycles. The van der Waals surface area contributed by atoms with E-state index < -0.39 is 4.92 Å². The van der Waals surface area contributed by atoms with Crippen molar-refractivity contribution in [1.29, 1.82) is 5.26 Å². The summed E-state index contributed by atoms with van der Waals surface area (Å²) in [5.74, 6) is 0.537. The van der Waals surface area contributed by atoms with E-state index in [1.807, 2.05) is 0 Å². The summed E-state index contributed by atoms with van der Waals surface area (Å²) in [4.78, 5) is 14.8. The van der Waals surface area contributed by atoms with Gasteiger partial charge in [-0.25, -0.2) is 4.98 Å². The molecule has 0 amide bonds. The van der Waals surface area contributed by atoms with Gasteiger partial charge in [-0.05, 0) is 18.2 Å². The number of imidazole rings is 1. The zero-order valence-electron chi connectivity index (χ0n) is 11.4. The number of benzene rings is 2. The predicted octanol–water partition coefficient (Wildman–Crippen LogP) is 3.67. The van der Waals surface area contributed by atoms with Crippen LogP contribution in [0.3, 0.4) is 0 Å². The van der Waals surface area contributed by atoms with Crippen molar-refractivity contribution >= 4 is 28.3 Å². The van der Waals surface area contributed by atoms with Crippen molar-refractivity contribution in [3.8, 4) is 17.5 Å². The molecule has 0 unspecified atom stereocenters. The van der Waals surface area contributed by atoms with E-state index in [-0.39, 0.29) is 10.7 Å². The van der Waals surface area contributed by atoms with E-state index >= 15 is 0 Å². The van der Waals surface area contributed by atoms with Crippen molar-refractivity contribution in [1.82, 2.24) is 9.55 Å². The highest BCUT2D eigenvalue weighted by molar-refractivity contribution is 6.37. The molecule has 1 aromatic heterocycles. The quantitative estimate of drug-likeness (QED) is 0.533. The summed E-state index contributed by atoms with van der Waals surface area (Å²) in [5.41, 5.74) is 1.96. The molecule has 0 radical (unpaired) electrons. The maximum Gasteiger partial charge on any atom is 0.290 e. The molecule has 0 spiro atoms. The number of halogens is 1. The first-order valence-electron chi connectivity index (χ1n) is 6.33. The second kappa shape index (κ2) is 5.13. The molecule has 0 atom stereocenters. The summed E-state index contributed by atoms with van der Waals surface area (Å²) in [7, 11) is 1.78. The minimum Gasteiger partial charge on any atom is -0.327 e. The maximum atomic E-state index is 11.0. The second-order valence-corrected chi connectivity index (χ2v) is 5.05. The molecule has 0 aliphatic heterocycles. The van der Waals surface area contributed by atoms with Gasteiger partial charge in [0.25, 0.3) is 5.69 Å². The van der Waals surface area contributed by atoms with Crippen LogP contribution in [-0.4, -0.2) is 14.5 Å². The normalized spacial score (nSPS) is 10.6.